The van der Waals surface area contributed by atoms with Crippen LogP contribution in [0.1, 0.15) is 18.9 Å². The lowest BCUT2D eigenvalue weighted by atomic mass is 10.1. The zero-order chi connectivity index (χ0) is 15.5. The summed E-state index contributed by atoms with van der Waals surface area (Å²) in [5.41, 5.74) is 0.989. The number of hydrogen-bond acceptors (Lipinski definition) is 4. The molecule has 6 nitrogen and oxygen atoms in total. The van der Waals surface area contributed by atoms with Crippen molar-refractivity contribution in [3.63, 3.8) is 0 Å². The van der Waals surface area contributed by atoms with Crippen molar-refractivity contribution in [1.82, 2.24) is 4.90 Å². The Morgan fingerprint density at radius 2 is 2.00 bits per heavy atom. The van der Waals surface area contributed by atoms with Gasteiger partial charge in [0.15, 0.2) is 0 Å². The number of benzene rings is 1. The lowest BCUT2D eigenvalue weighted by molar-refractivity contribution is -0.128. The highest BCUT2D eigenvalue weighted by Gasteiger charge is 2.31. The molecule has 21 heavy (non-hydrogen) atoms. The van der Waals surface area contributed by atoms with E-state index in [-0.39, 0.29) is 24.0 Å². The minimum absolute atomic E-state index is 0.0301. The molecule has 1 fully saturated rings. The number of carbonyl (C=O) groups is 1. The highest BCUT2D eigenvalue weighted by molar-refractivity contribution is 7.89. The van der Waals surface area contributed by atoms with E-state index in [1.54, 1.807) is 4.90 Å². The van der Waals surface area contributed by atoms with Gasteiger partial charge in [-0.05, 0) is 24.6 Å². The number of amides is 1. The molecule has 0 saturated carbocycles. The molecule has 1 amide bonds. The van der Waals surface area contributed by atoms with Crippen molar-refractivity contribution >= 4 is 15.9 Å². The second-order valence-electron chi connectivity index (χ2n) is 5.25. The smallest absolute Gasteiger partial charge is 0.223 e. The summed E-state index contributed by atoms with van der Waals surface area (Å²) in [6.07, 6.45) is 0.244. The Balaban J connectivity index is 1.95. The van der Waals surface area contributed by atoms with Gasteiger partial charge in [-0.1, -0.05) is 12.1 Å². The van der Waals surface area contributed by atoms with Crippen LogP contribution in [0.3, 0.4) is 0 Å². The van der Waals surface area contributed by atoms with Crippen molar-refractivity contribution in [2.75, 3.05) is 18.9 Å². The molecule has 1 unspecified atom stereocenters. The zero-order valence-corrected chi connectivity index (χ0v) is 12.8. The molecule has 1 saturated heterocycles. The molecule has 0 aliphatic carbocycles. The molecule has 1 aromatic rings. The summed E-state index contributed by atoms with van der Waals surface area (Å²) in [6.45, 7) is 3.44. The summed E-state index contributed by atoms with van der Waals surface area (Å²) in [4.78, 5) is 13.6. The fourth-order valence-corrected chi connectivity index (χ4v) is 3.41. The number of carbonyl (C=O) groups excluding carboxylic acids is 1. The molecule has 0 aromatic heterocycles. The first-order chi connectivity index (χ1) is 9.87. The number of nitrogens with two attached hydrogens (primary N) is 1. The average Bonchev–Trinajstić information content (AvgIpc) is 2.70. The average molecular weight is 312 g/mol. The van der Waals surface area contributed by atoms with Gasteiger partial charge >= 0.3 is 0 Å². The van der Waals surface area contributed by atoms with Crippen LogP contribution in [-0.2, 0) is 21.4 Å². The highest BCUT2D eigenvalue weighted by Crippen LogP contribution is 2.22. The van der Waals surface area contributed by atoms with Crippen LogP contribution in [0.25, 0.3) is 0 Å². The van der Waals surface area contributed by atoms with Crippen LogP contribution in [0, 0.1) is 5.92 Å². The number of nitrogens with zero attached hydrogens (tertiary/aromatic N) is 1. The van der Waals surface area contributed by atoms with Gasteiger partial charge in [0.05, 0.1) is 12.4 Å². The maximum atomic E-state index is 11.9. The van der Waals surface area contributed by atoms with E-state index in [1.165, 1.54) is 0 Å². The molecule has 116 valence electrons. The van der Waals surface area contributed by atoms with Gasteiger partial charge < -0.3 is 9.64 Å². The molecule has 2 N–H and O–H groups in total. The van der Waals surface area contributed by atoms with Crippen LogP contribution in [-0.4, -0.2) is 38.1 Å². The molecule has 1 atom stereocenters. The largest absolute Gasteiger partial charge is 0.494 e. The number of likely N-dealkylation sites (tertiary alicyclic amines) is 1. The number of hydrogen-bond donors (Lipinski definition) is 1. The van der Waals surface area contributed by atoms with E-state index in [0.29, 0.717) is 19.7 Å². The van der Waals surface area contributed by atoms with Crippen molar-refractivity contribution in [3.8, 4) is 5.75 Å². The van der Waals surface area contributed by atoms with Gasteiger partial charge in [-0.15, -0.1) is 0 Å². The summed E-state index contributed by atoms with van der Waals surface area (Å²) < 4.78 is 27.5. The summed E-state index contributed by atoms with van der Waals surface area (Å²) in [5, 5.41) is 5.03. The van der Waals surface area contributed by atoms with Crippen molar-refractivity contribution in [2.24, 2.45) is 11.1 Å². The normalized spacial score (nSPS) is 19.0. The van der Waals surface area contributed by atoms with Gasteiger partial charge in [0, 0.05) is 25.4 Å². The summed E-state index contributed by atoms with van der Waals surface area (Å²) in [6, 6.07) is 7.54. The number of primary sulfonamides is 1. The van der Waals surface area contributed by atoms with Crippen LogP contribution in [0.15, 0.2) is 24.3 Å². The molecule has 0 spiro atoms. The third kappa shape index (κ3) is 4.71. The van der Waals surface area contributed by atoms with E-state index in [9.17, 15) is 13.2 Å². The molecule has 0 radical (unpaired) electrons. The quantitative estimate of drug-likeness (QED) is 0.838. The summed E-state index contributed by atoms with van der Waals surface area (Å²) >= 11 is 0. The van der Waals surface area contributed by atoms with Gasteiger partial charge in [0.1, 0.15) is 5.75 Å². The fourth-order valence-electron chi connectivity index (χ4n) is 2.53. The standard InChI is InChI=1S/C14H20N2O4S/c1-2-20-13-5-3-11(4-6-13)8-16-9-12(7-14(16)17)10-21(15,18)19/h3-6,12H,2,7-10H2,1H3,(H2,15,18,19). The first-order valence-electron chi connectivity index (χ1n) is 6.87. The highest BCUT2D eigenvalue weighted by atomic mass is 32.2. The van der Waals surface area contributed by atoms with Crippen LogP contribution in [0.2, 0.25) is 0 Å². The third-order valence-corrected chi connectivity index (χ3v) is 4.31. The van der Waals surface area contributed by atoms with E-state index in [0.717, 1.165) is 11.3 Å². The Morgan fingerprint density at radius 3 is 2.57 bits per heavy atom. The van der Waals surface area contributed by atoms with Gasteiger partial charge in [0.25, 0.3) is 0 Å². The Bertz CT molecular complexity index is 598. The van der Waals surface area contributed by atoms with Gasteiger partial charge in [-0.25, -0.2) is 13.6 Å². The molecule has 1 aliphatic rings. The molecule has 2 rings (SSSR count). The molecule has 1 aliphatic heterocycles. The topological polar surface area (TPSA) is 89.7 Å². The Morgan fingerprint density at radius 1 is 1.33 bits per heavy atom. The number of ether oxygens (including phenoxy) is 1. The lowest BCUT2D eigenvalue weighted by Gasteiger charge is -2.17. The van der Waals surface area contributed by atoms with E-state index < -0.39 is 10.0 Å². The zero-order valence-electron chi connectivity index (χ0n) is 12.0. The van der Waals surface area contributed by atoms with Crippen molar-refractivity contribution in [2.45, 2.75) is 19.9 Å². The fraction of sp³-hybridized carbons (Fsp3) is 0.500. The Kier molecular flexibility index (Phi) is 4.84. The summed E-state index contributed by atoms with van der Waals surface area (Å²) in [7, 11) is -3.53. The van der Waals surface area contributed by atoms with Gasteiger partial charge in [0.2, 0.25) is 15.9 Å². The maximum Gasteiger partial charge on any atom is 0.223 e. The van der Waals surface area contributed by atoms with E-state index >= 15 is 0 Å². The van der Waals surface area contributed by atoms with Gasteiger partial charge in [-0.3, -0.25) is 4.79 Å². The minimum Gasteiger partial charge on any atom is -0.494 e. The van der Waals surface area contributed by atoms with Crippen LogP contribution in [0.4, 0.5) is 0 Å². The molecule has 1 aromatic carbocycles. The molecule has 1 heterocycles. The third-order valence-electron chi connectivity index (χ3n) is 3.37. The molecular formula is C14H20N2O4S. The van der Waals surface area contributed by atoms with Crippen LogP contribution >= 0.6 is 0 Å². The molecule has 0 bridgehead atoms. The van der Waals surface area contributed by atoms with E-state index in [1.807, 2.05) is 31.2 Å². The lowest BCUT2D eigenvalue weighted by Crippen LogP contribution is -2.27. The maximum absolute atomic E-state index is 11.9. The van der Waals surface area contributed by atoms with Crippen molar-refractivity contribution in [1.29, 1.82) is 0 Å². The molecule has 7 heteroatoms. The first kappa shape index (κ1) is 15.8. The monoisotopic (exact) mass is 312 g/mol. The Labute approximate surface area is 124 Å². The second kappa shape index (κ2) is 6.44. The minimum atomic E-state index is -3.53. The number of sulfonamides is 1. The predicted molar refractivity (Wildman–Crippen MR) is 79.1 cm³/mol. The summed E-state index contributed by atoms with van der Waals surface area (Å²) in [5.74, 6) is 0.409. The molecular weight excluding hydrogens is 292 g/mol. The number of rotatable bonds is 6. The van der Waals surface area contributed by atoms with Crippen LogP contribution < -0.4 is 9.88 Å². The van der Waals surface area contributed by atoms with Crippen molar-refractivity contribution in [3.05, 3.63) is 29.8 Å². The van der Waals surface area contributed by atoms with E-state index in [2.05, 4.69) is 0 Å². The predicted octanol–water partition coefficient (Wildman–Crippen LogP) is 0.722. The first-order valence-corrected chi connectivity index (χ1v) is 8.59. The van der Waals surface area contributed by atoms with Gasteiger partial charge in [-0.2, -0.15) is 0 Å². The Hall–Kier alpha value is -1.60. The van der Waals surface area contributed by atoms with E-state index in [4.69, 9.17) is 9.88 Å². The second-order valence-corrected chi connectivity index (χ2v) is 6.91. The van der Waals surface area contributed by atoms with Crippen LogP contribution in [0.5, 0.6) is 5.75 Å². The SMILES string of the molecule is CCOc1ccc(CN2CC(CS(N)(=O)=O)CC2=O)cc1. The van der Waals surface area contributed by atoms with Crippen molar-refractivity contribution < 1.29 is 17.9 Å².